The fourth-order valence-corrected chi connectivity index (χ4v) is 2.55. The summed E-state index contributed by atoms with van der Waals surface area (Å²) >= 11 is 0. The van der Waals surface area contributed by atoms with Gasteiger partial charge in [-0.1, -0.05) is 48.9 Å². The quantitative estimate of drug-likeness (QED) is 0.836. The van der Waals surface area contributed by atoms with Gasteiger partial charge in [0.1, 0.15) is 0 Å². The zero-order valence-electron chi connectivity index (χ0n) is 12.4. The van der Waals surface area contributed by atoms with Crippen LogP contribution in [-0.2, 0) is 4.79 Å². The number of benzene rings is 1. The van der Waals surface area contributed by atoms with Crippen LogP contribution in [0.5, 0.6) is 0 Å². The van der Waals surface area contributed by atoms with E-state index in [0.29, 0.717) is 6.54 Å². The lowest BCUT2D eigenvalue weighted by Crippen LogP contribution is -2.33. The normalized spacial score (nSPS) is 17.4. The molecular formula is C17H24N2O. The number of hydrogen-bond acceptors (Lipinski definition) is 2. The van der Waals surface area contributed by atoms with Gasteiger partial charge in [0.15, 0.2) is 0 Å². The second-order valence-corrected chi connectivity index (χ2v) is 5.46. The second-order valence-electron chi connectivity index (χ2n) is 5.46. The Morgan fingerprint density at radius 1 is 1.35 bits per heavy atom. The number of carbonyl (C=O) groups excluding carboxylic acids is 1. The lowest BCUT2D eigenvalue weighted by atomic mass is 9.95. The molecule has 0 aliphatic carbocycles. The largest absolute Gasteiger partial charge is 0.352 e. The third-order valence-electron chi connectivity index (χ3n) is 3.92. The highest BCUT2D eigenvalue weighted by molar-refractivity contribution is 5.83. The van der Waals surface area contributed by atoms with Gasteiger partial charge >= 0.3 is 0 Å². The zero-order valence-corrected chi connectivity index (χ0v) is 12.4. The van der Waals surface area contributed by atoms with Crippen molar-refractivity contribution in [2.75, 3.05) is 26.7 Å². The number of nitrogens with one attached hydrogen (secondary N) is 1. The molecule has 3 heteroatoms. The molecule has 3 nitrogen and oxygen atoms in total. The molecule has 1 amide bonds. The van der Waals surface area contributed by atoms with Gasteiger partial charge in [-0.15, -0.1) is 0 Å². The van der Waals surface area contributed by atoms with E-state index in [4.69, 9.17) is 0 Å². The van der Waals surface area contributed by atoms with Crippen LogP contribution in [0.3, 0.4) is 0 Å². The molecule has 20 heavy (non-hydrogen) atoms. The van der Waals surface area contributed by atoms with Crippen molar-refractivity contribution in [3.63, 3.8) is 0 Å². The molecule has 1 aromatic carbocycles. The van der Waals surface area contributed by atoms with Crippen molar-refractivity contribution in [1.29, 1.82) is 0 Å². The molecule has 1 aliphatic rings. The van der Waals surface area contributed by atoms with Crippen molar-refractivity contribution >= 4 is 5.91 Å². The Hall–Kier alpha value is -1.61. The van der Waals surface area contributed by atoms with Gasteiger partial charge in [-0.05, 0) is 25.5 Å². The van der Waals surface area contributed by atoms with E-state index < -0.39 is 0 Å². The van der Waals surface area contributed by atoms with Crippen LogP contribution in [0.1, 0.15) is 31.2 Å². The lowest BCUT2D eigenvalue weighted by molar-refractivity contribution is -0.122. The van der Waals surface area contributed by atoms with Crippen molar-refractivity contribution in [2.45, 2.75) is 25.7 Å². The molecule has 0 fully saturated rings. The van der Waals surface area contributed by atoms with Crippen molar-refractivity contribution in [3.8, 4) is 0 Å². The maximum Gasteiger partial charge on any atom is 0.227 e. The molecule has 0 aromatic heterocycles. The standard InChI is InChI=1S/C17H24N2O/c1-3-16(15-7-5-4-6-8-15)17(20)18-13-14-9-11-19(2)12-10-14/h4-9,16H,3,10-13H2,1-2H3,(H,18,20). The van der Waals surface area contributed by atoms with Crippen molar-refractivity contribution in [2.24, 2.45) is 0 Å². The molecular weight excluding hydrogens is 248 g/mol. The van der Waals surface area contributed by atoms with Crippen LogP contribution in [0.25, 0.3) is 0 Å². The van der Waals surface area contributed by atoms with Crippen LogP contribution >= 0.6 is 0 Å². The highest BCUT2D eigenvalue weighted by Gasteiger charge is 2.18. The summed E-state index contributed by atoms with van der Waals surface area (Å²) in [6.45, 7) is 4.82. The van der Waals surface area contributed by atoms with E-state index in [1.165, 1.54) is 5.57 Å². The molecule has 108 valence electrons. The SMILES string of the molecule is CCC(C(=O)NCC1=CCN(C)CC1)c1ccccc1. The van der Waals surface area contributed by atoms with E-state index in [2.05, 4.69) is 30.3 Å². The van der Waals surface area contributed by atoms with Gasteiger partial charge in [0.25, 0.3) is 0 Å². The van der Waals surface area contributed by atoms with E-state index in [0.717, 1.165) is 31.5 Å². The van der Waals surface area contributed by atoms with Crippen molar-refractivity contribution < 1.29 is 4.79 Å². The van der Waals surface area contributed by atoms with Gasteiger partial charge in [-0.25, -0.2) is 0 Å². The van der Waals surface area contributed by atoms with Gasteiger partial charge in [-0.2, -0.15) is 0 Å². The molecule has 2 rings (SSSR count). The Labute approximate surface area is 121 Å². The van der Waals surface area contributed by atoms with Crippen LogP contribution in [-0.4, -0.2) is 37.5 Å². The minimum Gasteiger partial charge on any atom is -0.352 e. The molecule has 0 saturated heterocycles. The van der Waals surface area contributed by atoms with E-state index >= 15 is 0 Å². The van der Waals surface area contributed by atoms with Crippen LogP contribution in [0, 0.1) is 0 Å². The Kier molecular flexibility index (Phi) is 5.36. The van der Waals surface area contributed by atoms with Gasteiger partial charge in [-0.3, -0.25) is 4.79 Å². The van der Waals surface area contributed by atoms with Crippen LogP contribution in [0.4, 0.5) is 0 Å². The third-order valence-corrected chi connectivity index (χ3v) is 3.92. The number of hydrogen-bond donors (Lipinski definition) is 1. The van der Waals surface area contributed by atoms with Crippen molar-refractivity contribution in [1.82, 2.24) is 10.2 Å². The maximum atomic E-state index is 12.3. The van der Waals surface area contributed by atoms with Crippen LogP contribution in [0.2, 0.25) is 0 Å². The summed E-state index contributed by atoms with van der Waals surface area (Å²) in [6, 6.07) is 10.0. The Morgan fingerprint density at radius 3 is 2.70 bits per heavy atom. The van der Waals surface area contributed by atoms with Crippen LogP contribution < -0.4 is 5.32 Å². The molecule has 1 aromatic rings. The predicted octanol–water partition coefficient (Wildman–Crippen LogP) is 2.56. The summed E-state index contributed by atoms with van der Waals surface area (Å²) in [5.74, 6) is 0.0987. The summed E-state index contributed by atoms with van der Waals surface area (Å²) in [5.41, 5.74) is 2.45. The van der Waals surface area contributed by atoms with Gasteiger partial charge in [0.2, 0.25) is 5.91 Å². The van der Waals surface area contributed by atoms with Gasteiger partial charge < -0.3 is 10.2 Å². The number of amides is 1. The minimum absolute atomic E-state index is 0.0388. The van der Waals surface area contributed by atoms with E-state index in [-0.39, 0.29) is 11.8 Å². The lowest BCUT2D eigenvalue weighted by Gasteiger charge is -2.23. The Bertz CT molecular complexity index is 467. The first kappa shape index (κ1) is 14.8. The summed E-state index contributed by atoms with van der Waals surface area (Å²) < 4.78 is 0. The van der Waals surface area contributed by atoms with E-state index in [9.17, 15) is 4.79 Å². The first-order valence-corrected chi connectivity index (χ1v) is 7.39. The molecule has 0 spiro atoms. The number of likely N-dealkylation sites (N-methyl/N-ethyl adjacent to an activating group) is 1. The summed E-state index contributed by atoms with van der Waals surface area (Å²) in [4.78, 5) is 14.6. The van der Waals surface area contributed by atoms with E-state index in [1.807, 2.05) is 30.3 Å². The fourth-order valence-electron chi connectivity index (χ4n) is 2.55. The molecule has 0 saturated carbocycles. The van der Waals surface area contributed by atoms with Gasteiger partial charge in [0, 0.05) is 19.6 Å². The molecule has 0 radical (unpaired) electrons. The molecule has 1 N–H and O–H groups in total. The highest BCUT2D eigenvalue weighted by Crippen LogP contribution is 2.19. The zero-order chi connectivity index (χ0) is 14.4. The average molecular weight is 272 g/mol. The van der Waals surface area contributed by atoms with Crippen molar-refractivity contribution in [3.05, 3.63) is 47.5 Å². The average Bonchev–Trinajstić information content (AvgIpc) is 2.48. The first-order valence-electron chi connectivity index (χ1n) is 7.39. The highest BCUT2D eigenvalue weighted by atomic mass is 16.1. The number of carbonyl (C=O) groups is 1. The van der Waals surface area contributed by atoms with Gasteiger partial charge in [0.05, 0.1) is 5.92 Å². The van der Waals surface area contributed by atoms with E-state index in [1.54, 1.807) is 0 Å². The maximum absolute atomic E-state index is 12.3. The van der Waals surface area contributed by atoms with Crippen LogP contribution in [0.15, 0.2) is 42.0 Å². The fraction of sp³-hybridized carbons (Fsp3) is 0.471. The smallest absolute Gasteiger partial charge is 0.227 e. The summed E-state index contributed by atoms with van der Waals surface area (Å²) in [6.07, 6.45) is 4.11. The Balaban J connectivity index is 1.90. The summed E-state index contributed by atoms with van der Waals surface area (Å²) in [5, 5.41) is 3.09. The molecule has 1 aliphatic heterocycles. The predicted molar refractivity (Wildman–Crippen MR) is 82.7 cm³/mol. The monoisotopic (exact) mass is 272 g/mol. The topological polar surface area (TPSA) is 32.3 Å². The third kappa shape index (κ3) is 3.94. The number of nitrogens with zero attached hydrogens (tertiary/aromatic N) is 1. The minimum atomic E-state index is -0.0388. The molecule has 1 atom stereocenters. The molecule has 0 bridgehead atoms. The molecule has 1 heterocycles. The second kappa shape index (κ2) is 7.25. The summed E-state index contributed by atoms with van der Waals surface area (Å²) in [7, 11) is 2.12. The molecule has 1 unspecified atom stereocenters. The Morgan fingerprint density at radius 2 is 2.10 bits per heavy atom. The number of rotatable bonds is 5. The first-order chi connectivity index (χ1) is 9.70.